The van der Waals surface area contributed by atoms with E-state index in [4.69, 9.17) is 37.0 Å². The lowest BCUT2D eigenvalue weighted by Gasteiger charge is -2.21. The van der Waals surface area contributed by atoms with Gasteiger partial charge in [0.15, 0.2) is 12.2 Å². The van der Waals surface area contributed by atoms with E-state index in [1.807, 2.05) is 0 Å². The van der Waals surface area contributed by atoms with E-state index in [9.17, 15) is 43.2 Å². The first-order chi connectivity index (χ1) is 42.8. The summed E-state index contributed by atoms with van der Waals surface area (Å²) in [5.74, 6) is 0.161. The van der Waals surface area contributed by atoms with Crippen LogP contribution in [0, 0.1) is 17.8 Å². The van der Waals surface area contributed by atoms with Crippen LogP contribution in [0.5, 0.6) is 0 Å². The lowest BCUT2D eigenvalue weighted by atomic mass is 9.99. The van der Waals surface area contributed by atoms with Crippen molar-refractivity contribution in [1.82, 2.24) is 0 Å². The molecule has 3 N–H and O–H groups in total. The zero-order chi connectivity index (χ0) is 65.9. The minimum absolute atomic E-state index is 0.104. The Morgan fingerprint density at radius 2 is 0.573 bits per heavy atom. The minimum Gasteiger partial charge on any atom is -0.462 e. The Balaban J connectivity index is 5.21. The van der Waals surface area contributed by atoms with E-state index in [2.05, 4.69) is 48.5 Å². The number of unbranched alkanes of at least 4 members (excludes halogenated alkanes) is 35. The van der Waals surface area contributed by atoms with Crippen molar-refractivity contribution >= 4 is 39.5 Å². The molecule has 0 bridgehead atoms. The second-order valence-electron chi connectivity index (χ2n) is 26.5. The summed E-state index contributed by atoms with van der Waals surface area (Å²) in [6, 6.07) is 0. The first-order valence-electron chi connectivity index (χ1n) is 36.4. The number of hydrogen-bond acceptors (Lipinski definition) is 15. The van der Waals surface area contributed by atoms with Gasteiger partial charge in [0.2, 0.25) is 0 Å². The fourth-order valence-electron chi connectivity index (χ4n) is 10.5. The number of esters is 4. The third kappa shape index (κ3) is 63.2. The maximum Gasteiger partial charge on any atom is 0.472 e. The third-order valence-electron chi connectivity index (χ3n) is 16.5. The molecule has 0 aliphatic heterocycles. The topological polar surface area (TPSA) is 237 Å². The Bertz CT molecular complexity index is 1750. The van der Waals surface area contributed by atoms with E-state index in [1.165, 1.54) is 161 Å². The molecule has 0 spiro atoms. The molecule has 528 valence electrons. The van der Waals surface area contributed by atoms with Crippen molar-refractivity contribution in [1.29, 1.82) is 0 Å². The van der Waals surface area contributed by atoms with Crippen LogP contribution in [0.2, 0.25) is 0 Å². The highest BCUT2D eigenvalue weighted by Gasteiger charge is 2.30. The number of carbonyl (C=O) groups is 4. The van der Waals surface area contributed by atoms with Gasteiger partial charge in [-0.15, -0.1) is 0 Å². The highest BCUT2D eigenvalue weighted by atomic mass is 31.2. The molecule has 0 aromatic carbocycles. The van der Waals surface area contributed by atoms with Crippen molar-refractivity contribution in [3.63, 3.8) is 0 Å². The summed E-state index contributed by atoms with van der Waals surface area (Å²) in [6.45, 7) is 11.8. The number of ether oxygens (including phenoxy) is 4. The summed E-state index contributed by atoms with van der Waals surface area (Å²) in [5.41, 5.74) is 0. The smallest absolute Gasteiger partial charge is 0.462 e. The Labute approximate surface area is 543 Å². The highest BCUT2D eigenvalue weighted by Crippen LogP contribution is 2.45. The molecule has 0 saturated heterocycles. The molecule has 0 aromatic heterocycles. The number of aliphatic hydroxyl groups excluding tert-OH is 1. The number of rotatable bonds is 68. The molecule has 0 heterocycles. The molecule has 0 aliphatic rings. The summed E-state index contributed by atoms with van der Waals surface area (Å²) in [6.07, 6.45) is 44.5. The second kappa shape index (κ2) is 61.0. The van der Waals surface area contributed by atoms with Gasteiger partial charge in [0.25, 0.3) is 0 Å². The molecule has 0 rings (SSSR count). The van der Waals surface area contributed by atoms with E-state index in [0.29, 0.717) is 25.7 Å². The van der Waals surface area contributed by atoms with Crippen LogP contribution in [0.1, 0.15) is 350 Å². The number of phosphoric ester groups is 2. The second-order valence-corrected chi connectivity index (χ2v) is 29.4. The SMILES string of the molecule is CCCCCCCCCCCC(=O)OC[C@H](COP(=O)(O)OC[C@H](O)COP(=O)(O)OC[C@@H](COC(=O)CCCCCCCCCCC(C)C)OC(=O)CCCCCCCCCCCCCCCCC(C)CC)OC(=O)CCCCCCCCCCC(C)C. The van der Waals surface area contributed by atoms with Crippen LogP contribution in [-0.2, 0) is 65.4 Å². The first-order valence-corrected chi connectivity index (χ1v) is 39.4. The number of phosphoric acid groups is 2. The van der Waals surface area contributed by atoms with Crippen molar-refractivity contribution in [3.05, 3.63) is 0 Å². The molecular formula is C70H136O17P2. The zero-order valence-electron chi connectivity index (χ0n) is 57.9. The van der Waals surface area contributed by atoms with Gasteiger partial charge < -0.3 is 33.8 Å². The summed E-state index contributed by atoms with van der Waals surface area (Å²) in [4.78, 5) is 72.5. The van der Waals surface area contributed by atoms with Gasteiger partial charge in [-0.25, -0.2) is 9.13 Å². The van der Waals surface area contributed by atoms with Gasteiger partial charge in [0, 0.05) is 25.7 Å². The standard InChI is InChI=1S/C70H136O17P2/c1-8-10-11-12-13-20-30-37-44-51-67(72)80-57-66(87-70(75)54-47-40-33-26-24-28-35-42-49-62(5)6)60-85-89(78,79)83-56-64(71)55-82-88(76,77)84-59-65(58-81-68(73)52-45-38-31-25-23-27-34-41-48-61(3)4)86-69(74)53-46-39-32-22-19-17-15-14-16-18-21-29-36-43-50-63(7)9-2/h61-66,71H,8-60H2,1-7H3,(H,76,77)(H,78,79)/t63?,64-,65-,66-/m1/s1. The summed E-state index contributed by atoms with van der Waals surface area (Å²) in [5, 5.41) is 10.6. The number of hydrogen-bond donors (Lipinski definition) is 3. The van der Waals surface area contributed by atoms with Gasteiger partial charge in [0.1, 0.15) is 19.3 Å². The van der Waals surface area contributed by atoms with Gasteiger partial charge in [-0.2, -0.15) is 0 Å². The number of carbonyl (C=O) groups excluding carboxylic acids is 4. The van der Waals surface area contributed by atoms with Crippen LogP contribution >= 0.6 is 15.6 Å². The largest absolute Gasteiger partial charge is 0.472 e. The Hall–Kier alpha value is -1.94. The minimum atomic E-state index is -4.95. The van der Waals surface area contributed by atoms with Crippen molar-refractivity contribution in [2.24, 2.45) is 17.8 Å². The van der Waals surface area contributed by atoms with Crippen LogP contribution in [0.4, 0.5) is 0 Å². The molecule has 0 saturated carbocycles. The maximum absolute atomic E-state index is 13.0. The molecule has 17 nitrogen and oxygen atoms in total. The van der Waals surface area contributed by atoms with E-state index >= 15 is 0 Å². The number of aliphatic hydroxyl groups is 1. The van der Waals surface area contributed by atoms with Crippen molar-refractivity contribution in [3.8, 4) is 0 Å². The molecule has 0 fully saturated rings. The van der Waals surface area contributed by atoms with E-state index in [1.54, 1.807) is 0 Å². The predicted molar refractivity (Wildman–Crippen MR) is 358 cm³/mol. The quantitative estimate of drug-likeness (QED) is 0.0222. The Morgan fingerprint density at radius 1 is 0.326 bits per heavy atom. The summed E-state index contributed by atoms with van der Waals surface area (Å²) < 4.78 is 68.2. The molecule has 3 unspecified atom stereocenters. The Kier molecular flexibility index (Phi) is 59.6. The molecule has 19 heteroatoms. The van der Waals surface area contributed by atoms with Crippen molar-refractivity contribution < 1.29 is 80.2 Å². The zero-order valence-corrected chi connectivity index (χ0v) is 59.7. The molecule has 89 heavy (non-hydrogen) atoms. The summed E-state index contributed by atoms with van der Waals surface area (Å²) in [7, 11) is -9.90. The van der Waals surface area contributed by atoms with Crippen LogP contribution in [0.15, 0.2) is 0 Å². The molecule has 0 aromatic rings. The van der Waals surface area contributed by atoms with Gasteiger partial charge in [-0.05, 0) is 43.4 Å². The molecule has 0 aliphatic carbocycles. The van der Waals surface area contributed by atoms with E-state index in [0.717, 1.165) is 108 Å². The van der Waals surface area contributed by atoms with Crippen LogP contribution in [0.25, 0.3) is 0 Å². The van der Waals surface area contributed by atoms with Crippen LogP contribution in [-0.4, -0.2) is 96.7 Å². The van der Waals surface area contributed by atoms with Gasteiger partial charge in [0.05, 0.1) is 26.4 Å². The third-order valence-corrected chi connectivity index (χ3v) is 18.4. The van der Waals surface area contributed by atoms with Crippen LogP contribution < -0.4 is 0 Å². The first kappa shape index (κ1) is 87.1. The molecular weight excluding hydrogens is 1170 g/mol. The average molecular weight is 1310 g/mol. The molecule has 0 amide bonds. The normalized spacial score (nSPS) is 14.5. The van der Waals surface area contributed by atoms with E-state index < -0.39 is 97.5 Å². The monoisotopic (exact) mass is 1310 g/mol. The van der Waals surface area contributed by atoms with E-state index in [-0.39, 0.29) is 25.7 Å². The maximum atomic E-state index is 13.0. The molecule has 6 atom stereocenters. The summed E-state index contributed by atoms with van der Waals surface area (Å²) >= 11 is 0. The van der Waals surface area contributed by atoms with Gasteiger partial charge in [-0.1, -0.05) is 299 Å². The lowest BCUT2D eigenvalue weighted by molar-refractivity contribution is -0.161. The van der Waals surface area contributed by atoms with Crippen molar-refractivity contribution in [2.45, 2.75) is 369 Å². The van der Waals surface area contributed by atoms with Gasteiger partial charge in [-0.3, -0.25) is 37.3 Å². The fraction of sp³-hybridized carbons (Fsp3) is 0.943. The average Bonchev–Trinajstić information content (AvgIpc) is 3.71. The van der Waals surface area contributed by atoms with Crippen molar-refractivity contribution in [2.75, 3.05) is 39.6 Å². The lowest BCUT2D eigenvalue weighted by Crippen LogP contribution is -2.30. The predicted octanol–water partition coefficient (Wildman–Crippen LogP) is 19.8. The Morgan fingerprint density at radius 3 is 0.854 bits per heavy atom. The fourth-order valence-corrected chi connectivity index (χ4v) is 12.1. The van der Waals surface area contributed by atoms with Crippen LogP contribution in [0.3, 0.4) is 0 Å². The molecule has 0 radical (unpaired) electrons. The highest BCUT2D eigenvalue weighted by molar-refractivity contribution is 7.47. The van der Waals surface area contributed by atoms with Gasteiger partial charge >= 0.3 is 39.5 Å².